The number of benzene rings is 1. The number of aliphatic hydroxyl groups is 2. The van der Waals surface area contributed by atoms with Crippen molar-refractivity contribution in [2.75, 3.05) is 38.7 Å². The Morgan fingerprint density at radius 1 is 1.45 bits per heavy atom. The molecule has 1 rings (SSSR count). The van der Waals surface area contributed by atoms with E-state index in [0.717, 1.165) is 11.3 Å². The Morgan fingerprint density at radius 3 is 2.80 bits per heavy atom. The number of ether oxygens (including phenoxy) is 1. The number of nitrogens with one attached hydrogen (secondary N) is 2. The summed E-state index contributed by atoms with van der Waals surface area (Å²) < 4.78 is 4.87. The molecule has 0 bridgehead atoms. The van der Waals surface area contributed by atoms with Crippen molar-refractivity contribution in [3.63, 3.8) is 0 Å². The van der Waals surface area contributed by atoms with Gasteiger partial charge in [-0.3, -0.25) is 4.79 Å². The highest BCUT2D eigenvalue weighted by atomic mass is 16.5. The molecule has 0 fully saturated rings. The van der Waals surface area contributed by atoms with Crippen molar-refractivity contribution < 1.29 is 19.7 Å². The molecule has 0 heterocycles. The number of methoxy groups -OCH3 is 1. The van der Waals surface area contributed by atoms with Crippen LogP contribution in [0.15, 0.2) is 18.2 Å². The molecule has 6 heteroatoms. The minimum Gasteiger partial charge on any atom is -0.394 e. The monoisotopic (exact) mass is 282 g/mol. The number of aliphatic hydroxyl groups excluding tert-OH is 2. The summed E-state index contributed by atoms with van der Waals surface area (Å²) in [7, 11) is 1.58. The van der Waals surface area contributed by atoms with Crippen LogP contribution in [0.25, 0.3) is 0 Å². The van der Waals surface area contributed by atoms with E-state index in [4.69, 9.17) is 9.84 Å². The Hall–Kier alpha value is -1.63. The summed E-state index contributed by atoms with van der Waals surface area (Å²) in [5, 5.41) is 23.8. The molecule has 0 aliphatic carbocycles. The number of carbonyl (C=O) groups excluding carboxylic acids is 1. The first-order chi connectivity index (χ1) is 9.58. The van der Waals surface area contributed by atoms with Crippen molar-refractivity contribution in [1.29, 1.82) is 0 Å². The second kappa shape index (κ2) is 8.52. The maximum atomic E-state index is 11.8. The van der Waals surface area contributed by atoms with Gasteiger partial charge < -0.3 is 25.6 Å². The molecule has 0 aromatic heterocycles. The SMILES string of the molecule is COCCNC(=O)c1ccc(NCC(O)CO)c(C)c1. The summed E-state index contributed by atoms with van der Waals surface area (Å²) in [5.41, 5.74) is 2.30. The first-order valence-electron chi connectivity index (χ1n) is 6.49. The standard InChI is InChI=1S/C14H22N2O4/c1-10-7-11(14(19)15-5-6-20-2)3-4-13(10)16-8-12(18)9-17/h3-4,7,12,16-18H,5-6,8-9H2,1-2H3,(H,15,19). The summed E-state index contributed by atoms with van der Waals surface area (Å²) in [5.74, 6) is -0.146. The molecular formula is C14H22N2O4. The zero-order chi connectivity index (χ0) is 15.0. The molecule has 112 valence electrons. The van der Waals surface area contributed by atoms with Gasteiger partial charge in [-0.1, -0.05) is 0 Å². The fourth-order valence-corrected chi connectivity index (χ4v) is 1.66. The maximum Gasteiger partial charge on any atom is 0.251 e. The molecule has 0 aliphatic rings. The predicted octanol–water partition coefficient (Wildman–Crippen LogP) is 0.136. The van der Waals surface area contributed by atoms with E-state index in [2.05, 4.69) is 10.6 Å². The number of amides is 1. The first-order valence-corrected chi connectivity index (χ1v) is 6.49. The van der Waals surface area contributed by atoms with E-state index in [0.29, 0.717) is 18.7 Å². The van der Waals surface area contributed by atoms with Crippen LogP contribution in [-0.2, 0) is 4.74 Å². The smallest absolute Gasteiger partial charge is 0.251 e. The number of hydrogen-bond donors (Lipinski definition) is 4. The van der Waals surface area contributed by atoms with Crippen LogP contribution in [0.4, 0.5) is 5.69 Å². The Labute approximate surface area is 118 Å². The highest BCUT2D eigenvalue weighted by molar-refractivity contribution is 5.94. The lowest BCUT2D eigenvalue weighted by molar-refractivity contribution is 0.0937. The summed E-state index contributed by atoms with van der Waals surface area (Å²) in [6, 6.07) is 5.27. The molecule has 1 amide bonds. The van der Waals surface area contributed by atoms with Crippen LogP contribution >= 0.6 is 0 Å². The van der Waals surface area contributed by atoms with Crippen LogP contribution in [0.2, 0.25) is 0 Å². The molecule has 0 aliphatic heterocycles. The highest BCUT2D eigenvalue weighted by Gasteiger charge is 2.08. The molecule has 4 N–H and O–H groups in total. The first kappa shape index (κ1) is 16.4. The van der Waals surface area contributed by atoms with Gasteiger partial charge in [-0.25, -0.2) is 0 Å². The quantitative estimate of drug-likeness (QED) is 0.509. The largest absolute Gasteiger partial charge is 0.394 e. The van der Waals surface area contributed by atoms with Crippen molar-refractivity contribution in [2.45, 2.75) is 13.0 Å². The van der Waals surface area contributed by atoms with Gasteiger partial charge in [0.1, 0.15) is 0 Å². The second-order valence-corrected chi connectivity index (χ2v) is 4.50. The molecule has 0 spiro atoms. The normalized spacial score (nSPS) is 12.0. The number of aryl methyl sites for hydroxylation is 1. The number of anilines is 1. The van der Waals surface area contributed by atoms with E-state index in [1.807, 2.05) is 6.92 Å². The van der Waals surface area contributed by atoms with Crippen molar-refractivity contribution in [3.05, 3.63) is 29.3 Å². The van der Waals surface area contributed by atoms with Gasteiger partial charge in [0, 0.05) is 31.5 Å². The van der Waals surface area contributed by atoms with Crippen LogP contribution in [0.5, 0.6) is 0 Å². The van der Waals surface area contributed by atoms with Gasteiger partial charge in [0.05, 0.1) is 19.3 Å². The van der Waals surface area contributed by atoms with Crippen molar-refractivity contribution in [2.24, 2.45) is 0 Å². The predicted molar refractivity (Wildman–Crippen MR) is 77.0 cm³/mol. The van der Waals surface area contributed by atoms with Crippen LogP contribution in [0.3, 0.4) is 0 Å². The molecule has 6 nitrogen and oxygen atoms in total. The van der Waals surface area contributed by atoms with Gasteiger partial charge in [0.2, 0.25) is 0 Å². The van der Waals surface area contributed by atoms with Gasteiger partial charge in [0.15, 0.2) is 0 Å². The summed E-state index contributed by atoms with van der Waals surface area (Å²) in [6.07, 6.45) is -0.800. The van der Waals surface area contributed by atoms with Gasteiger partial charge in [0.25, 0.3) is 5.91 Å². The average molecular weight is 282 g/mol. The fourth-order valence-electron chi connectivity index (χ4n) is 1.66. The Morgan fingerprint density at radius 2 is 2.20 bits per heavy atom. The molecule has 0 saturated carbocycles. The maximum absolute atomic E-state index is 11.8. The van der Waals surface area contributed by atoms with E-state index < -0.39 is 6.10 Å². The van der Waals surface area contributed by atoms with Gasteiger partial charge >= 0.3 is 0 Å². The number of hydrogen-bond acceptors (Lipinski definition) is 5. The van der Waals surface area contributed by atoms with E-state index >= 15 is 0 Å². The zero-order valence-corrected chi connectivity index (χ0v) is 11.8. The molecule has 1 atom stereocenters. The second-order valence-electron chi connectivity index (χ2n) is 4.50. The van der Waals surface area contributed by atoms with Gasteiger partial charge in [-0.2, -0.15) is 0 Å². The number of carbonyl (C=O) groups is 1. The molecule has 1 unspecified atom stereocenters. The molecule has 0 radical (unpaired) electrons. The fraction of sp³-hybridized carbons (Fsp3) is 0.500. The Kier molecular flexibility index (Phi) is 7.00. The van der Waals surface area contributed by atoms with Crippen molar-refractivity contribution >= 4 is 11.6 Å². The molecule has 20 heavy (non-hydrogen) atoms. The number of rotatable bonds is 8. The summed E-state index contributed by atoms with van der Waals surface area (Å²) >= 11 is 0. The van der Waals surface area contributed by atoms with Crippen LogP contribution < -0.4 is 10.6 Å². The third kappa shape index (κ3) is 5.16. The van der Waals surface area contributed by atoms with Crippen molar-refractivity contribution in [1.82, 2.24) is 5.32 Å². The molecule has 0 saturated heterocycles. The van der Waals surface area contributed by atoms with Crippen molar-refractivity contribution in [3.8, 4) is 0 Å². The zero-order valence-electron chi connectivity index (χ0n) is 11.8. The minimum atomic E-state index is -0.800. The van der Waals surface area contributed by atoms with Crippen LogP contribution in [0.1, 0.15) is 15.9 Å². The minimum absolute atomic E-state index is 0.146. The lowest BCUT2D eigenvalue weighted by Crippen LogP contribution is -2.27. The summed E-state index contributed by atoms with van der Waals surface area (Å²) in [6.45, 7) is 2.79. The third-order valence-corrected chi connectivity index (χ3v) is 2.82. The van der Waals surface area contributed by atoms with E-state index in [1.165, 1.54) is 0 Å². The third-order valence-electron chi connectivity index (χ3n) is 2.82. The van der Waals surface area contributed by atoms with E-state index in [1.54, 1.807) is 25.3 Å². The van der Waals surface area contributed by atoms with Gasteiger partial charge in [-0.05, 0) is 30.7 Å². The topological polar surface area (TPSA) is 90.8 Å². The van der Waals surface area contributed by atoms with E-state index in [9.17, 15) is 9.90 Å². The summed E-state index contributed by atoms with van der Waals surface area (Å²) in [4.78, 5) is 11.8. The highest BCUT2D eigenvalue weighted by Crippen LogP contribution is 2.16. The molecular weight excluding hydrogens is 260 g/mol. The van der Waals surface area contributed by atoms with Crippen LogP contribution in [-0.4, -0.2) is 55.6 Å². The molecule has 1 aromatic rings. The lowest BCUT2D eigenvalue weighted by atomic mass is 10.1. The average Bonchev–Trinajstić information content (AvgIpc) is 2.45. The van der Waals surface area contributed by atoms with Gasteiger partial charge in [-0.15, -0.1) is 0 Å². The Balaban J connectivity index is 2.60. The lowest BCUT2D eigenvalue weighted by Gasteiger charge is -2.13. The van der Waals surface area contributed by atoms with E-state index in [-0.39, 0.29) is 19.1 Å². The van der Waals surface area contributed by atoms with Crippen LogP contribution in [0, 0.1) is 6.92 Å². The molecule has 1 aromatic carbocycles. The Bertz CT molecular complexity index is 437.